The van der Waals surface area contributed by atoms with Gasteiger partial charge in [0.1, 0.15) is 11.8 Å². The van der Waals surface area contributed by atoms with Crippen molar-refractivity contribution in [2.24, 2.45) is 0 Å². The van der Waals surface area contributed by atoms with Crippen LogP contribution in [-0.2, 0) is 16.0 Å². The van der Waals surface area contributed by atoms with E-state index in [1.54, 1.807) is 24.3 Å². The average molecular weight is 269 g/mol. The van der Waals surface area contributed by atoms with Crippen LogP contribution in [0.4, 0.5) is 0 Å². The van der Waals surface area contributed by atoms with Crippen molar-refractivity contribution >= 4 is 12.4 Å². The van der Waals surface area contributed by atoms with E-state index < -0.39 is 12.0 Å². The lowest BCUT2D eigenvalue weighted by atomic mass is 10.1. The first-order valence-electron chi connectivity index (χ1n) is 6.30. The van der Waals surface area contributed by atoms with Gasteiger partial charge in [-0.3, -0.25) is 4.79 Å². The number of amides is 1. The minimum absolute atomic E-state index is 0.394. The Hall–Kier alpha value is -2.62. The molecule has 102 valence electrons. The van der Waals surface area contributed by atoms with E-state index in [9.17, 15) is 9.59 Å². The molecule has 0 bridgehead atoms. The van der Waals surface area contributed by atoms with E-state index in [2.05, 4.69) is 5.32 Å². The largest absolute Gasteiger partial charge is 0.425 e. The molecule has 2 aromatic carbocycles. The molecular weight excluding hydrogens is 254 g/mol. The Morgan fingerprint density at radius 2 is 1.65 bits per heavy atom. The second-order valence-corrected chi connectivity index (χ2v) is 4.26. The fourth-order valence-electron chi connectivity index (χ4n) is 1.82. The maximum Gasteiger partial charge on any atom is 0.334 e. The predicted octanol–water partition coefficient (Wildman–Crippen LogP) is 1.95. The number of esters is 1. The predicted molar refractivity (Wildman–Crippen MR) is 75.2 cm³/mol. The fraction of sp³-hybridized carbons (Fsp3) is 0.125. The summed E-state index contributed by atoms with van der Waals surface area (Å²) in [7, 11) is 0. The number of hydrogen-bond acceptors (Lipinski definition) is 3. The summed E-state index contributed by atoms with van der Waals surface area (Å²) >= 11 is 0. The first-order chi connectivity index (χ1) is 9.79. The van der Waals surface area contributed by atoms with Crippen LogP contribution >= 0.6 is 0 Å². The molecule has 0 aliphatic rings. The highest BCUT2D eigenvalue weighted by molar-refractivity contribution is 5.80. The molecule has 0 unspecified atom stereocenters. The molecule has 4 nitrogen and oxygen atoms in total. The first kappa shape index (κ1) is 13.8. The number of nitrogens with one attached hydrogen (secondary N) is 1. The molecular formula is C16H15NO3. The Balaban J connectivity index is 2.04. The van der Waals surface area contributed by atoms with Gasteiger partial charge >= 0.3 is 5.97 Å². The van der Waals surface area contributed by atoms with Gasteiger partial charge in [0.05, 0.1) is 0 Å². The van der Waals surface area contributed by atoms with Crippen molar-refractivity contribution in [2.75, 3.05) is 0 Å². The zero-order valence-corrected chi connectivity index (χ0v) is 10.9. The van der Waals surface area contributed by atoms with Crippen LogP contribution in [0.3, 0.4) is 0 Å². The van der Waals surface area contributed by atoms with Crippen molar-refractivity contribution in [3.8, 4) is 5.75 Å². The molecule has 0 radical (unpaired) electrons. The fourth-order valence-corrected chi connectivity index (χ4v) is 1.82. The number of carbonyl (C=O) groups excluding carboxylic acids is 2. The summed E-state index contributed by atoms with van der Waals surface area (Å²) in [5.74, 6) is -0.0181. The topological polar surface area (TPSA) is 55.4 Å². The molecule has 1 N–H and O–H groups in total. The highest BCUT2D eigenvalue weighted by Crippen LogP contribution is 2.11. The average Bonchev–Trinajstić information content (AvgIpc) is 2.49. The second-order valence-electron chi connectivity index (χ2n) is 4.26. The first-order valence-corrected chi connectivity index (χ1v) is 6.30. The van der Waals surface area contributed by atoms with Gasteiger partial charge in [0.15, 0.2) is 0 Å². The summed E-state index contributed by atoms with van der Waals surface area (Å²) in [6.07, 6.45) is 0.908. The van der Waals surface area contributed by atoms with E-state index in [0.29, 0.717) is 18.6 Å². The third-order valence-electron chi connectivity index (χ3n) is 2.80. The normalized spacial score (nSPS) is 11.4. The molecule has 1 amide bonds. The van der Waals surface area contributed by atoms with Crippen molar-refractivity contribution in [3.63, 3.8) is 0 Å². The third kappa shape index (κ3) is 3.95. The van der Waals surface area contributed by atoms with Crippen LogP contribution in [0.1, 0.15) is 5.56 Å². The molecule has 0 aliphatic carbocycles. The summed E-state index contributed by atoms with van der Waals surface area (Å²) in [4.78, 5) is 22.7. The molecule has 2 rings (SSSR count). The number of carbonyl (C=O) groups is 2. The number of para-hydroxylation sites is 1. The number of benzene rings is 2. The quantitative estimate of drug-likeness (QED) is 0.495. The van der Waals surface area contributed by atoms with E-state index in [1.165, 1.54) is 0 Å². The molecule has 0 saturated carbocycles. The van der Waals surface area contributed by atoms with Gasteiger partial charge in [-0.2, -0.15) is 0 Å². The molecule has 1 atom stereocenters. The Morgan fingerprint density at radius 3 is 2.25 bits per heavy atom. The molecule has 0 aromatic heterocycles. The molecule has 2 aromatic rings. The molecule has 20 heavy (non-hydrogen) atoms. The van der Waals surface area contributed by atoms with E-state index in [1.807, 2.05) is 36.4 Å². The summed E-state index contributed by atoms with van der Waals surface area (Å²) in [6, 6.07) is 17.5. The lowest BCUT2D eigenvalue weighted by Crippen LogP contribution is -2.40. The summed E-state index contributed by atoms with van der Waals surface area (Å²) in [5.41, 5.74) is 0.955. The Bertz CT molecular complexity index is 554. The van der Waals surface area contributed by atoms with Crippen LogP contribution in [-0.4, -0.2) is 18.4 Å². The molecule has 4 heteroatoms. The van der Waals surface area contributed by atoms with Crippen LogP contribution in [0.15, 0.2) is 60.7 Å². The van der Waals surface area contributed by atoms with Crippen LogP contribution in [0.2, 0.25) is 0 Å². The minimum atomic E-state index is -0.699. The zero-order valence-electron chi connectivity index (χ0n) is 10.9. The van der Waals surface area contributed by atoms with Gasteiger partial charge in [-0.1, -0.05) is 48.5 Å². The highest BCUT2D eigenvalue weighted by atomic mass is 16.5. The van der Waals surface area contributed by atoms with Crippen LogP contribution in [0.5, 0.6) is 5.75 Å². The van der Waals surface area contributed by atoms with Gasteiger partial charge in [-0.25, -0.2) is 4.79 Å². The van der Waals surface area contributed by atoms with Crippen molar-refractivity contribution in [2.45, 2.75) is 12.5 Å². The van der Waals surface area contributed by atoms with Gasteiger partial charge in [0.2, 0.25) is 6.41 Å². The standard InChI is InChI=1S/C16H15NO3/c18-12-17-15(11-13-7-3-1-4-8-13)16(19)20-14-9-5-2-6-10-14/h1-10,12,15H,11H2,(H,17,18)/t15-/m0/s1. The van der Waals surface area contributed by atoms with Crippen LogP contribution in [0, 0.1) is 0 Å². The molecule has 0 saturated heterocycles. The van der Waals surface area contributed by atoms with Gasteiger partial charge < -0.3 is 10.1 Å². The zero-order chi connectivity index (χ0) is 14.2. The van der Waals surface area contributed by atoms with Crippen molar-refractivity contribution in [1.29, 1.82) is 0 Å². The Morgan fingerprint density at radius 1 is 1.05 bits per heavy atom. The number of hydrogen-bond donors (Lipinski definition) is 1. The SMILES string of the molecule is O=CN[C@@H](Cc1ccccc1)C(=O)Oc1ccccc1. The summed E-state index contributed by atoms with van der Waals surface area (Å²) < 4.78 is 5.24. The molecule has 0 heterocycles. The maximum atomic E-state index is 12.1. The lowest BCUT2D eigenvalue weighted by molar-refractivity contribution is -0.137. The van der Waals surface area contributed by atoms with Gasteiger partial charge in [0, 0.05) is 6.42 Å². The minimum Gasteiger partial charge on any atom is -0.425 e. The van der Waals surface area contributed by atoms with Gasteiger partial charge in [-0.05, 0) is 17.7 Å². The summed E-state index contributed by atoms with van der Waals surface area (Å²) in [5, 5.41) is 2.50. The Kier molecular flexibility index (Phi) is 4.89. The van der Waals surface area contributed by atoms with Crippen molar-refractivity contribution in [3.05, 3.63) is 66.2 Å². The van der Waals surface area contributed by atoms with E-state index in [-0.39, 0.29) is 0 Å². The Labute approximate surface area is 117 Å². The molecule has 0 spiro atoms. The molecule has 0 fully saturated rings. The lowest BCUT2D eigenvalue weighted by Gasteiger charge is -2.15. The van der Waals surface area contributed by atoms with Gasteiger partial charge in [0.25, 0.3) is 0 Å². The smallest absolute Gasteiger partial charge is 0.334 e. The molecule has 0 aliphatic heterocycles. The van der Waals surface area contributed by atoms with E-state index in [4.69, 9.17) is 4.74 Å². The monoisotopic (exact) mass is 269 g/mol. The van der Waals surface area contributed by atoms with Crippen LogP contribution < -0.4 is 10.1 Å². The van der Waals surface area contributed by atoms with Crippen molar-refractivity contribution < 1.29 is 14.3 Å². The third-order valence-corrected chi connectivity index (χ3v) is 2.80. The maximum absolute atomic E-state index is 12.1. The second kappa shape index (κ2) is 7.09. The number of rotatable bonds is 6. The van der Waals surface area contributed by atoms with Crippen LogP contribution in [0.25, 0.3) is 0 Å². The van der Waals surface area contributed by atoms with E-state index in [0.717, 1.165) is 5.56 Å². The van der Waals surface area contributed by atoms with Gasteiger partial charge in [-0.15, -0.1) is 0 Å². The highest BCUT2D eigenvalue weighted by Gasteiger charge is 2.20. The number of ether oxygens (including phenoxy) is 1. The van der Waals surface area contributed by atoms with Crippen molar-refractivity contribution in [1.82, 2.24) is 5.32 Å². The van der Waals surface area contributed by atoms with E-state index >= 15 is 0 Å². The summed E-state index contributed by atoms with van der Waals surface area (Å²) in [6.45, 7) is 0.